The van der Waals surface area contributed by atoms with Gasteiger partial charge in [-0.25, -0.2) is 0 Å². The van der Waals surface area contributed by atoms with Crippen LogP contribution in [0.15, 0.2) is 24.3 Å². The number of amides is 2. The topological polar surface area (TPSA) is 70.7 Å². The molecule has 2 rings (SSSR count). The van der Waals surface area contributed by atoms with Gasteiger partial charge in [-0.15, -0.1) is 0 Å². The van der Waals surface area contributed by atoms with Gasteiger partial charge in [0.1, 0.15) is 5.75 Å². The van der Waals surface area contributed by atoms with E-state index in [0.29, 0.717) is 12.1 Å². The number of carbonyl (C=O) groups is 2. The van der Waals surface area contributed by atoms with E-state index in [1.807, 2.05) is 13.8 Å². The molecule has 0 bridgehead atoms. The predicted molar refractivity (Wildman–Crippen MR) is 107 cm³/mol. The van der Waals surface area contributed by atoms with E-state index in [1.54, 1.807) is 24.3 Å². The Hall–Kier alpha value is -2.08. The van der Waals surface area contributed by atoms with E-state index in [-0.39, 0.29) is 30.0 Å². The van der Waals surface area contributed by atoms with Crippen LogP contribution in [-0.4, -0.2) is 54.5 Å². The molecule has 0 aliphatic carbocycles. The van der Waals surface area contributed by atoms with Crippen LogP contribution in [0.4, 0.5) is 0 Å². The van der Waals surface area contributed by atoms with Gasteiger partial charge in [-0.1, -0.05) is 6.42 Å². The highest BCUT2D eigenvalue weighted by molar-refractivity contribution is 5.96. The molecule has 0 atom stereocenters. The molecular formula is C21H33N3O3. The molecule has 1 aromatic rings. The zero-order valence-electron chi connectivity index (χ0n) is 17.0. The van der Waals surface area contributed by atoms with Crippen LogP contribution in [0.3, 0.4) is 0 Å². The van der Waals surface area contributed by atoms with Crippen LogP contribution in [0.1, 0.15) is 57.3 Å². The van der Waals surface area contributed by atoms with Crippen LogP contribution in [0.2, 0.25) is 0 Å². The summed E-state index contributed by atoms with van der Waals surface area (Å²) < 4.78 is 5.56. The zero-order chi connectivity index (χ0) is 19.9. The van der Waals surface area contributed by atoms with Crippen molar-refractivity contribution in [2.75, 3.05) is 26.2 Å². The number of carbonyl (C=O) groups excluding carboxylic acids is 2. The van der Waals surface area contributed by atoms with Crippen molar-refractivity contribution in [3.8, 4) is 5.75 Å². The summed E-state index contributed by atoms with van der Waals surface area (Å²) in [6.45, 7) is 10.9. The normalized spacial score (nSPS) is 15.4. The molecule has 2 N–H and O–H groups in total. The van der Waals surface area contributed by atoms with E-state index in [1.165, 1.54) is 19.3 Å². The third-order valence-electron chi connectivity index (χ3n) is 4.83. The van der Waals surface area contributed by atoms with Crippen LogP contribution in [-0.2, 0) is 4.79 Å². The largest absolute Gasteiger partial charge is 0.491 e. The van der Waals surface area contributed by atoms with Crippen LogP contribution in [0.25, 0.3) is 0 Å². The van der Waals surface area contributed by atoms with Crippen molar-refractivity contribution in [1.29, 1.82) is 0 Å². The molecule has 2 amide bonds. The minimum absolute atomic E-state index is 0.0286. The molecule has 0 unspecified atom stereocenters. The average Bonchev–Trinajstić information content (AvgIpc) is 2.65. The molecule has 150 valence electrons. The van der Waals surface area contributed by atoms with Gasteiger partial charge in [0.05, 0.1) is 12.6 Å². The van der Waals surface area contributed by atoms with Crippen LogP contribution in [0, 0.1) is 0 Å². The third-order valence-corrected chi connectivity index (χ3v) is 4.83. The van der Waals surface area contributed by atoms with Crippen molar-refractivity contribution < 1.29 is 14.3 Å². The van der Waals surface area contributed by atoms with E-state index in [4.69, 9.17) is 4.74 Å². The second-order valence-electron chi connectivity index (χ2n) is 8.01. The number of hydrogen-bond acceptors (Lipinski definition) is 4. The Kier molecular flexibility index (Phi) is 7.66. The van der Waals surface area contributed by atoms with Gasteiger partial charge in [0.15, 0.2) is 0 Å². The summed E-state index contributed by atoms with van der Waals surface area (Å²) in [6.07, 6.45) is 3.81. The monoisotopic (exact) mass is 375 g/mol. The second kappa shape index (κ2) is 9.74. The number of nitrogens with zero attached hydrogens (tertiary/aromatic N) is 1. The maximum atomic E-state index is 12.2. The van der Waals surface area contributed by atoms with Gasteiger partial charge >= 0.3 is 0 Å². The zero-order valence-corrected chi connectivity index (χ0v) is 17.0. The molecule has 1 aliphatic heterocycles. The van der Waals surface area contributed by atoms with Crippen molar-refractivity contribution >= 4 is 11.8 Å². The van der Waals surface area contributed by atoms with Gasteiger partial charge in [0.2, 0.25) is 5.91 Å². The van der Waals surface area contributed by atoms with Crippen molar-refractivity contribution in [2.45, 2.75) is 58.6 Å². The van der Waals surface area contributed by atoms with E-state index in [2.05, 4.69) is 29.4 Å². The highest BCUT2D eigenvalue weighted by Crippen LogP contribution is 2.19. The lowest BCUT2D eigenvalue weighted by Gasteiger charge is -2.41. The van der Waals surface area contributed by atoms with E-state index < -0.39 is 0 Å². The molecule has 6 nitrogen and oxygen atoms in total. The van der Waals surface area contributed by atoms with Crippen LogP contribution in [0.5, 0.6) is 5.75 Å². The maximum Gasteiger partial charge on any atom is 0.251 e. The summed E-state index contributed by atoms with van der Waals surface area (Å²) >= 11 is 0. The Morgan fingerprint density at radius 1 is 1.07 bits per heavy atom. The lowest BCUT2D eigenvalue weighted by Crippen LogP contribution is -2.54. The molecule has 6 heteroatoms. The Balaban J connectivity index is 1.75. The molecule has 1 saturated heterocycles. The standard InChI is InChI=1S/C21H33N3O3/c1-16(2)27-18-10-8-17(9-11-18)20(26)22-14-19(25)23-15-21(3,4)24-12-6-5-7-13-24/h8-11,16H,5-7,12-15H2,1-4H3,(H,22,26)(H,23,25). The van der Waals surface area contributed by atoms with Crippen molar-refractivity contribution in [1.82, 2.24) is 15.5 Å². The lowest BCUT2D eigenvalue weighted by atomic mass is 9.98. The number of rotatable bonds is 8. The average molecular weight is 376 g/mol. The van der Waals surface area contributed by atoms with E-state index in [9.17, 15) is 9.59 Å². The molecule has 0 spiro atoms. The first-order chi connectivity index (χ1) is 12.8. The molecule has 1 aromatic carbocycles. The Labute approximate surface area is 162 Å². The molecular weight excluding hydrogens is 342 g/mol. The number of hydrogen-bond donors (Lipinski definition) is 2. The first kappa shape index (κ1) is 21.2. The molecule has 1 aliphatic rings. The minimum Gasteiger partial charge on any atom is -0.491 e. The molecule has 27 heavy (non-hydrogen) atoms. The van der Waals surface area contributed by atoms with Gasteiger partial charge in [-0.2, -0.15) is 0 Å². The summed E-state index contributed by atoms with van der Waals surface area (Å²) in [5, 5.41) is 5.61. The fourth-order valence-electron chi connectivity index (χ4n) is 3.21. The number of ether oxygens (including phenoxy) is 1. The Morgan fingerprint density at radius 2 is 1.70 bits per heavy atom. The van der Waals surface area contributed by atoms with Crippen molar-refractivity contribution in [2.24, 2.45) is 0 Å². The third kappa shape index (κ3) is 6.86. The molecule has 0 saturated carbocycles. The summed E-state index contributed by atoms with van der Waals surface area (Å²) in [6, 6.07) is 6.92. The van der Waals surface area contributed by atoms with Gasteiger partial charge in [-0.3, -0.25) is 14.5 Å². The number of likely N-dealkylation sites (tertiary alicyclic amines) is 1. The van der Waals surface area contributed by atoms with Gasteiger partial charge < -0.3 is 15.4 Å². The van der Waals surface area contributed by atoms with Crippen LogP contribution >= 0.6 is 0 Å². The summed E-state index contributed by atoms with van der Waals surface area (Å²) in [5.41, 5.74) is 0.430. The Bertz CT molecular complexity index is 620. The van der Waals surface area contributed by atoms with Gasteiger partial charge in [0.25, 0.3) is 5.91 Å². The first-order valence-corrected chi connectivity index (χ1v) is 9.84. The SMILES string of the molecule is CC(C)Oc1ccc(C(=O)NCC(=O)NCC(C)(C)N2CCCCC2)cc1. The predicted octanol–water partition coefficient (Wildman–Crippen LogP) is 2.58. The molecule has 1 fully saturated rings. The fourth-order valence-corrected chi connectivity index (χ4v) is 3.21. The van der Waals surface area contributed by atoms with Crippen LogP contribution < -0.4 is 15.4 Å². The van der Waals surface area contributed by atoms with Gasteiger partial charge in [-0.05, 0) is 77.9 Å². The minimum atomic E-state index is -0.267. The Morgan fingerprint density at radius 3 is 2.30 bits per heavy atom. The molecule has 1 heterocycles. The summed E-state index contributed by atoms with van der Waals surface area (Å²) in [5.74, 6) is 0.281. The lowest BCUT2D eigenvalue weighted by molar-refractivity contribution is -0.120. The van der Waals surface area contributed by atoms with Gasteiger partial charge in [0, 0.05) is 17.6 Å². The van der Waals surface area contributed by atoms with E-state index in [0.717, 1.165) is 18.8 Å². The fraction of sp³-hybridized carbons (Fsp3) is 0.619. The highest BCUT2D eigenvalue weighted by atomic mass is 16.5. The summed E-state index contributed by atoms with van der Waals surface area (Å²) in [7, 11) is 0. The number of nitrogens with one attached hydrogen (secondary N) is 2. The smallest absolute Gasteiger partial charge is 0.251 e. The highest BCUT2D eigenvalue weighted by Gasteiger charge is 2.28. The van der Waals surface area contributed by atoms with Crippen molar-refractivity contribution in [3.05, 3.63) is 29.8 Å². The second-order valence-corrected chi connectivity index (χ2v) is 8.01. The van der Waals surface area contributed by atoms with Crippen molar-refractivity contribution in [3.63, 3.8) is 0 Å². The summed E-state index contributed by atoms with van der Waals surface area (Å²) in [4.78, 5) is 26.7. The quantitative estimate of drug-likeness (QED) is 0.733. The molecule has 0 radical (unpaired) electrons. The number of benzene rings is 1. The first-order valence-electron chi connectivity index (χ1n) is 9.84. The number of piperidine rings is 1. The maximum absolute atomic E-state index is 12.2. The van der Waals surface area contributed by atoms with E-state index >= 15 is 0 Å². The molecule has 0 aromatic heterocycles.